The van der Waals surface area contributed by atoms with Crippen molar-refractivity contribution in [2.45, 2.75) is 39.0 Å². The maximum Gasteiger partial charge on any atom is 0.257 e. The number of carbonyl (C=O) groups is 2. The number of piperidine rings is 1. The molecule has 2 amide bonds. The molecule has 2 aromatic carbocycles. The Hall–Kier alpha value is -3.71. The Morgan fingerprint density at radius 3 is 2.33 bits per heavy atom. The average molecular weight is 500 g/mol. The van der Waals surface area contributed by atoms with Crippen molar-refractivity contribution in [1.82, 2.24) is 9.88 Å². The van der Waals surface area contributed by atoms with Gasteiger partial charge in [-0.05, 0) is 37.3 Å². The topological polar surface area (TPSA) is 75.4 Å². The summed E-state index contributed by atoms with van der Waals surface area (Å²) >= 11 is 1.46. The van der Waals surface area contributed by atoms with Crippen molar-refractivity contribution in [2.75, 3.05) is 18.4 Å². The van der Waals surface area contributed by atoms with Gasteiger partial charge in [-0.3, -0.25) is 9.59 Å². The Labute approximate surface area is 215 Å². The molecule has 1 saturated heterocycles. The number of benzene rings is 2. The van der Waals surface area contributed by atoms with Gasteiger partial charge in [-0.1, -0.05) is 60.7 Å². The summed E-state index contributed by atoms with van der Waals surface area (Å²) in [6.07, 6.45) is 5.46. The summed E-state index contributed by atoms with van der Waals surface area (Å²) < 4.78 is 5.84. The Morgan fingerprint density at radius 1 is 0.972 bits per heavy atom. The summed E-state index contributed by atoms with van der Waals surface area (Å²) in [5.74, 6) is 1.03. The second kappa shape index (κ2) is 10.9. The first-order valence-electron chi connectivity index (χ1n) is 12.4. The van der Waals surface area contributed by atoms with E-state index < -0.39 is 0 Å². The molecule has 1 fully saturated rings. The number of aromatic nitrogens is 1. The number of nitrogens with zero attached hydrogens (tertiary/aromatic N) is 2. The van der Waals surface area contributed by atoms with E-state index in [1.165, 1.54) is 11.3 Å². The number of amides is 2. The number of aryl methyl sites for hydroxylation is 1. The molecule has 0 unspecified atom stereocenters. The Balaban J connectivity index is 1.34. The lowest BCUT2D eigenvalue weighted by Crippen LogP contribution is -2.36. The first kappa shape index (κ1) is 24.0. The van der Waals surface area contributed by atoms with Crippen LogP contribution in [-0.2, 0) is 11.2 Å². The highest BCUT2D eigenvalue weighted by Crippen LogP contribution is 2.41. The van der Waals surface area contributed by atoms with Crippen LogP contribution in [0, 0.1) is 6.92 Å². The number of rotatable bonds is 7. The van der Waals surface area contributed by atoms with E-state index in [4.69, 9.17) is 4.42 Å². The zero-order valence-corrected chi connectivity index (χ0v) is 21.1. The van der Waals surface area contributed by atoms with E-state index in [1.54, 1.807) is 6.20 Å². The smallest absolute Gasteiger partial charge is 0.257 e. The van der Waals surface area contributed by atoms with Crippen LogP contribution in [0.5, 0.6) is 0 Å². The summed E-state index contributed by atoms with van der Waals surface area (Å²) in [5, 5.41) is 3.65. The third-order valence-corrected chi connectivity index (χ3v) is 7.73. The second-order valence-electron chi connectivity index (χ2n) is 9.01. The van der Waals surface area contributed by atoms with Crippen LogP contribution in [0.1, 0.15) is 47.5 Å². The largest absolute Gasteiger partial charge is 0.441 e. The number of carbonyl (C=O) groups excluding carboxylic acids is 2. The second-order valence-corrected chi connectivity index (χ2v) is 10.0. The maximum atomic E-state index is 13.5. The lowest BCUT2D eigenvalue weighted by molar-refractivity contribution is -0.116. The van der Waals surface area contributed by atoms with Crippen LogP contribution in [0.15, 0.2) is 71.3 Å². The van der Waals surface area contributed by atoms with Crippen LogP contribution in [0.4, 0.5) is 5.00 Å². The highest BCUT2D eigenvalue weighted by molar-refractivity contribution is 7.20. The van der Waals surface area contributed by atoms with Gasteiger partial charge in [0.1, 0.15) is 5.00 Å². The van der Waals surface area contributed by atoms with Crippen LogP contribution in [0.3, 0.4) is 0 Å². The highest BCUT2D eigenvalue weighted by Gasteiger charge is 2.27. The summed E-state index contributed by atoms with van der Waals surface area (Å²) in [4.78, 5) is 33.8. The minimum atomic E-state index is -0.164. The van der Waals surface area contributed by atoms with Gasteiger partial charge in [-0.15, -0.1) is 11.3 Å². The van der Waals surface area contributed by atoms with Crippen molar-refractivity contribution in [3.05, 3.63) is 83.9 Å². The van der Waals surface area contributed by atoms with E-state index in [2.05, 4.69) is 10.3 Å². The van der Waals surface area contributed by atoms with E-state index in [9.17, 15) is 9.59 Å². The molecule has 184 valence electrons. The molecule has 2 aromatic heterocycles. The highest BCUT2D eigenvalue weighted by atomic mass is 32.1. The number of hydrogen-bond acceptors (Lipinski definition) is 5. The summed E-state index contributed by atoms with van der Waals surface area (Å²) in [6, 6.07) is 19.8. The third-order valence-electron chi connectivity index (χ3n) is 6.47. The molecule has 3 heterocycles. The van der Waals surface area contributed by atoms with Gasteiger partial charge in [0.2, 0.25) is 5.91 Å². The van der Waals surface area contributed by atoms with Crippen LogP contribution in [0.25, 0.3) is 21.8 Å². The van der Waals surface area contributed by atoms with E-state index in [-0.39, 0.29) is 18.2 Å². The summed E-state index contributed by atoms with van der Waals surface area (Å²) in [5.41, 5.74) is 3.51. The van der Waals surface area contributed by atoms with Gasteiger partial charge in [0, 0.05) is 36.4 Å². The van der Waals surface area contributed by atoms with E-state index in [0.29, 0.717) is 28.6 Å². The molecule has 0 aliphatic carbocycles. The van der Waals surface area contributed by atoms with Crippen molar-refractivity contribution < 1.29 is 14.0 Å². The maximum absolute atomic E-state index is 13.5. The minimum Gasteiger partial charge on any atom is -0.441 e. The summed E-state index contributed by atoms with van der Waals surface area (Å²) in [7, 11) is 0. The number of oxazole rings is 1. The number of anilines is 1. The monoisotopic (exact) mass is 499 g/mol. The van der Waals surface area contributed by atoms with Gasteiger partial charge in [0.25, 0.3) is 5.91 Å². The first-order valence-corrected chi connectivity index (χ1v) is 13.2. The molecular formula is C29H29N3O3S. The molecule has 6 nitrogen and oxygen atoms in total. The number of hydrogen-bond donors (Lipinski definition) is 1. The SMILES string of the molecule is Cc1c(-c2ccccc2)sc(NC(=O)CCc2ncc(-c3ccccc3)o2)c1C(=O)N1CCCCC1. The standard InChI is InChI=1S/C29H29N3O3S/c1-20-26(29(34)32-17-9-4-10-18-32)28(36-27(20)22-13-7-3-8-14-22)31-24(33)15-16-25-30-19-23(35-25)21-11-5-2-6-12-21/h2-3,5-8,11-14,19H,4,9-10,15-18H2,1H3,(H,31,33). The number of thiophene rings is 1. The van der Waals surface area contributed by atoms with Crippen LogP contribution >= 0.6 is 11.3 Å². The fraction of sp³-hybridized carbons (Fsp3) is 0.276. The van der Waals surface area contributed by atoms with Crippen molar-refractivity contribution in [3.8, 4) is 21.8 Å². The van der Waals surface area contributed by atoms with Crippen molar-refractivity contribution in [1.29, 1.82) is 0 Å². The van der Waals surface area contributed by atoms with Gasteiger partial charge in [0.15, 0.2) is 11.7 Å². The molecule has 0 atom stereocenters. The van der Waals surface area contributed by atoms with Crippen molar-refractivity contribution >= 4 is 28.2 Å². The minimum absolute atomic E-state index is 0.00105. The molecule has 1 aliphatic rings. The molecular weight excluding hydrogens is 470 g/mol. The van der Waals surface area contributed by atoms with Gasteiger partial charge in [-0.2, -0.15) is 0 Å². The van der Waals surface area contributed by atoms with E-state index in [1.807, 2.05) is 72.5 Å². The molecule has 0 saturated carbocycles. The number of likely N-dealkylation sites (tertiary alicyclic amines) is 1. The molecule has 1 aliphatic heterocycles. The Morgan fingerprint density at radius 2 is 1.64 bits per heavy atom. The number of nitrogens with one attached hydrogen (secondary N) is 1. The lowest BCUT2D eigenvalue weighted by Gasteiger charge is -2.27. The Bertz CT molecular complexity index is 1340. The van der Waals surface area contributed by atoms with E-state index >= 15 is 0 Å². The summed E-state index contributed by atoms with van der Waals surface area (Å²) in [6.45, 7) is 3.50. The molecule has 7 heteroatoms. The fourth-order valence-electron chi connectivity index (χ4n) is 4.55. The van der Waals surface area contributed by atoms with Gasteiger partial charge in [0.05, 0.1) is 11.8 Å². The Kier molecular flexibility index (Phi) is 7.28. The quantitative estimate of drug-likeness (QED) is 0.312. The molecule has 36 heavy (non-hydrogen) atoms. The van der Waals surface area contributed by atoms with Crippen molar-refractivity contribution in [3.63, 3.8) is 0 Å². The fourth-order valence-corrected chi connectivity index (χ4v) is 5.77. The molecule has 0 spiro atoms. The average Bonchev–Trinajstić information content (AvgIpc) is 3.53. The first-order chi connectivity index (χ1) is 17.6. The predicted octanol–water partition coefficient (Wildman–Crippen LogP) is 6.58. The van der Waals surface area contributed by atoms with Crippen molar-refractivity contribution in [2.24, 2.45) is 0 Å². The van der Waals surface area contributed by atoms with Gasteiger partial charge >= 0.3 is 0 Å². The molecule has 5 rings (SSSR count). The third kappa shape index (κ3) is 5.26. The van der Waals surface area contributed by atoms with Crippen LogP contribution in [0.2, 0.25) is 0 Å². The zero-order valence-electron chi connectivity index (χ0n) is 20.3. The lowest BCUT2D eigenvalue weighted by atomic mass is 10.0. The van der Waals surface area contributed by atoms with Gasteiger partial charge in [-0.25, -0.2) is 4.98 Å². The van der Waals surface area contributed by atoms with Gasteiger partial charge < -0.3 is 14.6 Å². The molecule has 1 N–H and O–H groups in total. The van der Waals surface area contributed by atoms with E-state index in [0.717, 1.165) is 53.9 Å². The zero-order chi connectivity index (χ0) is 24.9. The van der Waals surface area contributed by atoms with Crippen LogP contribution in [-0.4, -0.2) is 34.8 Å². The van der Waals surface area contributed by atoms with Crippen LogP contribution < -0.4 is 5.32 Å². The molecule has 0 bridgehead atoms. The predicted molar refractivity (Wildman–Crippen MR) is 143 cm³/mol. The molecule has 4 aromatic rings. The normalized spacial score (nSPS) is 13.5. The molecule has 0 radical (unpaired) electrons.